The van der Waals surface area contributed by atoms with Gasteiger partial charge < -0.3 is 9.73 Å². The molecule has 2 rings (SSSR count). The molecule has 0 aliphatic rings. The average Bonchev–Trinajstić information content (AvgIpc) is 2.97. The SMILES string of the molecule is CNS(=O)(=O)c1ccc(C(=O)Nc2cccc(C(F)(F)F)c2)o1. The number of anilines is 1. The highest BCUT2D eigenvalue weighted by atomic mass is 32.2. The van der Waals surface area contributed by atoms with E-state index in [2.05, 4.69) is 5.32 Å². The van der Waals surface area contributed by atoms with E-state index in [1.807, 2.05) is 4.72 Å². The number of amides is 1. The Hall–Kier alpha value is -2.33. The van der Waals surface area contributed by atoms with Gasteiger partial charge in [0.05, 0.1) is 5.56 Å². The monoisotopic (exact) mass is 348 g/mol. The van der Waals surface area contributed by atoms with Crippen LogP contribution in [0, 0.1) is 0 Å². The Morgan fingerprint density at radius 3 is 2.48 bits per heavy atom. The van der Waals surface area contributed by atoms with Crippen LogP contribution in [0.15, 0.2) is 45.9 Å². The van der Waals surface area contributed by atoms with E-state index in [0.29, 0.717) is 0 Å². The number of sulfonamides is 1. The zero-order chi connectivity index (χ0) is 17.3. The number of furan rings is 1. The summed E-state index contributed by atoms with van der Waals surface area (Å²) in [6.45, 7) is 0. The van der Waals surface area contributed by atoms with Crippen molar-refractivity contribution in [2.75, 3.05) is 12.4 Å². The Labute approximate surface area is 129 Å². The Morgan fingerprint density at radius 1 is 1.17 bits per heavy atom. The lowest BCUT2D eigenvalue weighted by Crippen LogP contribution is -2.18. The lowest BCUT2D eigenvalue weighted by Gasteiger charge is -2.09. The average molecular weight is 348 g/mol. The minimum absolute atomic E-state index is 0.0979. The molecule has 0 spiro atoms. The summed E-state index contributed by atoms with van der Waals surface area (Å²) >= 11 is 0. The zero-order valence-corrected chi connectivity index (χ0v) is 12.5. The number of alkyl halides is 3. The predicted molar refractivity (Wildman–Crippen MR) is 74.4 cm³/mol. The lowest BCUT2D eigenvalue weighted by molar-refractivity contribution is -0.137. The third-order valence-corrected chi connectivity index (χ3v) is 4.07. The fraction of sp³-hybridized carbons (Fsp3) is 0.154. The molecule has 124 valence electrons. The first kappa shape index (κ1) is 17.0. The van der Waals surface area contributed by atoms with Crippen molar-refractivity contribution < 1.29 is 30.8 Å². The van der Waals surface area contributed by atoms with Crippen molar-refractivity contribution in [1.29, 1.82) is 0 Å². The molecule has 1 aromatic carbocycles. The second kappa shape index (κ2) is 6.05. The van der Waals surface area contributed by atoms with Crippen molar-refractivity contribution in [2.24, 2.45) is 0 Å². The second-order valence-corrected chi connectivity index (χ2v) is 6.18. The van der Waals surface area contributed by atoms with E-state index in [1.165, 1.54) is 13.1 Å². The van der Waals surface area contributed by atoms with Crippen molar-refractivity contribution in [3.8, 4) is 0 Å². The van der Waals surface area contributed by atoms with Gasteiger partial charge in [-0.15, -0.1) is 0 Å². The molecule has 1 heterocycles. The number of benzene rings is 1. The molecule has 0 bridgehead atoms. The molecule has 0 radical (unpaired) electrons. The van der Waals surface area contributed by atoms with E-state index in [4.69, 9.17) is 4.42 Å². The van der Waals surface area contributed by atoms with Crippen molar-refractivity contribution in [3.05, 3.63) is 47.7 Å². The smallest absolute Gasteiger partial charge is 0.416 e. The molecule has 0 unspecified atom stereocenters. The minimum Gasteiger partial charge on any atom is -0.438 e. The van der Waals surface area contributed by atoms with Gasteiger partial charge in [-0.25, -0.2) is 13.1 Å². The Balaban J connectivity index is 2.20. The van der Waals surface area contributed by atoms with Crippen LogP contribution < -0.4 is 10.0 Å². The number of carbonyl (C=O) groups is 1. The minimum atomic E-state index is -4.54. The number of hydrogen-bond acceptors (Lipinski definition) is 4. The van der Waals surface area contributed by atoms with Crippen LogP contribution in [-0.2, 0) is 16.2 Å². The maximum absolute atomic E-state index is 12.6. The molecule has 23 heavy (non-hydrogen) atoms. The summed E-state index contributed by atoms with van der Waals surface area (Å²) in [7, 11) is -2.69. The van der Waals surface area contributed by atoms with Gasteiger partial charge in [0.15, 0.2) is 5.76 Å². The van der Waals surface area contributed by atoms with Gasteiger partial charge >= 0.3 is 6.18 Å². The Morgan fingerprint density at radius 2 is 1.87 bits per heavy atom. The molecule has 1 amide bonds. The van der Waals surface area contributed by atoms with Gasteiger partial charge in [-0.3, -0.25) is 4.79 Å². The van der Waals surface area contributed by atoms with Crippen molar-refractivity contribution >= 4 is 21.6 Å². The quantitative estimate of drug-likeness (QED) is 0.888. The molecule has 0 aliphatic carbocycles. The van der Waals surface area contributed by atoms with E-state index in [0.717, 1.165) is 30.3 Å². The number of carbonyl (C=O) groups excluding carboxylic acids is 1. The number of halogens is 3. The molecule has 0 aliphatic heterocycles. The third kappa shape index (κ3) is 3.90. The van der Waals surface area contributed by atoms with Crippen LogP contribution in [0.2, 0.25) is 0 Å². The maximum Gasteiger partial charge on any atom is 0.416 e. The summed E-state index contributed by atoms with van der Waals surface area (Å²) in [4.78, 5) is 11.9. The summed E-state index contributed by atoms with van der Waals surface area (Å²) in [5.41, 5.74) is -1.02. The first-order valence-corrected chi connectivity index (χ1v) is 7.64. The highest BCUT2D eigenvalue weighted by molar-refractivity contribution is 7.89. The van der Waals surface area contributed by atoms with E-state index in [9.17, 15) is 26.4 Å². The van der Waals surface area contributed by atoms with Gasteiger partial charge in [-0.05, 0) is 37.4 Å². The van der Waals surface area contributed by atoms with Crippen LogP contribution >= 0.6 is 0 Å². The molecule has 2 N–H and O–H groups in total. The van der Waals surface area contributed by atoms with Gasteiger partial charge in [0.1, 0.15) is 0 Å². The van der Waals surface area contributed by atoms with Crippen molar-refractivity contribution in [3.63, 3.8) is 0 Å². The fourth-order valence-electron chi connectivity index (χ4n) is 1.65. The zero-order valence-electron chi connectivity index (χ0n) is 11.6. The van der Waals surface area contributed by atoms with Gasteiger partial charge in [-0.1, -0.05) is 6.07 Å². The fourth-order valence-corrected chi connectivity index (χ4v) is 2.30. The molecule has 6 nitrogen and oxygen atoms in total. The van der Waals surface area contributed by atoms with Crippen molar-refractivity contribution in [1.82, 2.24) is 4.72 Å². The summed E-state index contributed by atoms with van der Waals surface area (Å²) in [6, 6.07) is 6.19. The molecule has 2 aromatic rings. The maximum atomic E-state index is 12.6. The Bertz CT molecular complexity index is 828. The predicted octanol–water partition coefficient (Wildman–Crippen LogP) is 2.46. The molecule has 0 atom stereocenters. The van der Waals surface area contributed by atoms with Crippen molar-refractivity contribution in [2.45, 2.75) is 11.3 Å². The molecule has 10 heteroatoms. The molecule has 0 saturated carbocycles. The number of hydrogen-bond donors (Lipinski definition) is 2. The first-order valence-electron chi connectivity index (χ1n) is 6.15. The summed E-state index contributed by atoms with van der Waals surface area (Å²) in [5, 5.41) is 1.73. The number of rotatable bonds is 4. The largest absolute Gasteiger partial charge is 0.438 e. The first-order chi connectivity index (χ1) is 10.6. The van der Waals surface area contributed by atoms with Crippen LogP contribution in [0.3, 0.4) is 0 Å². The van der Waals surface area contributed by atoms with E-state index < -0.39 is 32.8 Å². The van der Waals surface area contributed by atoms with E-state index in [1.54, 1.807) is 0 Å². The lowest BCUT2D eigenvalue weighted by atomic mass is 10.2. The highest BCUT2D eigenvalue weighted by Crippen LogP contribution is 2.30. The molecule has 1 aromatic heterocycles. The third-order valence-electron chi connectivity index (χ3n) is 2.79. The summed E-state index contributed by atoms with van der Waals surface area (Å²) < 4.78 is 67.7. The normalized spacial score (nSPS) is 12.2. The van der Waals surface area contributed by atoms with Gasteiger partial charge in [0, 0.05) is 5.69 Å². The van der Waals surface area contributed by atoms with Crippen LogP contribution in [0.1, 0.15) is 16.1 Å². The van der Waals surface area contributed by atoms with Gasteiger partial charge in [0.2, 0.25) is 5.09 Å². The second-order valence-electron chi connectivity index (χ2n) is 4.36. The van der Waals surface area contributed by atoms with Gasteiger partial charge in [-0.2, -0.15) is 13.2 Å². The topological polar surface area (TPSA) is 88.4 Å². The van der Waals surface area contributed by atoms with Crippen LogP contribution in [0.25, 0.3) is 0 Å². The van der Waals surface area contributed by atoms with Gasteiger partial charge in [0.25, 0.3) is 15.9 Å². The molecule has 0 saturated heterocycles. The summed E-state index contributed by atoms with van der Waals surface area (Å²) in [6.07, 6.45) is -4.54. The molecular weight excluding hydrogens is 337 g/mol. The summed E-state index contributed by atoms with van der Waals surface area (Å²) in [5.74, 6) is -1.22. The Kier molecular flexibility index (Phi) is 4.48. The number of nitrogens with one attached hydrogen (secondary N) is 2. The van der Waals surface area contributed by atoms with E-state index >= 15 is 0 Å². The van der Waals surface area contributed by atoms with Crippen LogP contribution in [0.4, 0.5) is 18.9 Å². The molecular formula is C13H11F3N2O4S. The standard InChI is InChI=1S/C13H11F3N2O4S/c1-17-23(20,21)11-6-5-10(22-11)12(19)18-9-4-2-3-8(7-9)13(14,15)16/h2-7,17H,1H3,(H,18,19). The van der Waals surface area contributed by atoms with Crippen LogP contribution in [0.5, 0.6) is 0 Å². The highest BCUT2D eigenvalue weighted by Gasteiger charge is 2.30. The van der Waals surface area contributed by atoms with Crippen LogP contribution in [-0.4, -0.2) is 21.4 Å². The van der Waals surface area contributed by atoms with E-state index in [-0.39, 0.29) is 11.4 Å². The molecule has 0 fully saturated rings.